The van der Waals surface area contributed by atoms with E-state index in [1.807, 2.05) is 18.2 Å². The lowest BCUT2D eigenvalue weighted by molar-refractivity contribution is 0.174. The van der Waals surface area contributed by atoms with Crippen LogP contribution in [-0.4, -0.2) is 11.8 Å². The third-order valence-electron chi connectivity index (χ3n) is 2.54. The maximum absolute atomic E-state index is 12.8. The van der Waals surface area contributed by atoms with Gasteiger partial charge in [-0.15, -0.1) is 0 Å². The van der Waals surface area contributed by atoms with Crippen molar-refractivity contribution in [2.24, 2.45) is 0 Å². The second-order valence-corrected chi connectivity index (χ2v) is 3.79. The van der Waals surface area contributed by atoms with E-state index in [2.05, 4.69) is 4.98 Å². The van der Waals surface area contributed by atoms with E-state index in [0.717, 1.165) is 11.3 Å². The van der Waals surface area contributed by atoms with Gasteiger partial charge in [0.2, 0.25) is 12.7 Å². The summed E-state index contributed by atoms with van der Waals surface area (Å²) in [6.45, 7) is 0.579. The topological polar surface area (TPSA) is 40.6 Å². The molecule has 0 bridgehead atoms. The van der Waals surface area contributed by atoms with Crippen molar-refractivity contribution >= 4 is 0 Å². The van der Waals surface area contributed by atoms with Crippen molar-refractivity contribution in [2.75, 3.05) is 6.79 Å². The molecule has 0 amide bonds. The van der Waals surface area contributed by atoms with E-state index in [-0.39, 0.29) is 6.79 Å². The first-order valence-corrected chi connectivity index (χ1v) is 5.44. The van der Waals surface area contributed by atoms with Crippen LogP contribution in [0.25, 0.3) is 0 Å². The molecule has 0 saturated heterocycles. The van der Waals surface area contributed by atoms with Crippen LogP contribution in [0.3, 0.4) is 0 Å². The minimum absolute atomic E-state index is 0.245. The van der Waals surface area contributed by atoms with Crippen molar-refractivity contribution in [1.82, 2.24) is 4.98 Å². The summed E-state index contributed by atoms with van der Waals surface area (Å²) in [7, 11) is 0. The van der Waals surface area contributed by atoms with Gasteiger partial charge in [-0.25, -0.2) is 4.98 Å². The van der Waals surface area contributed by atoms with Crippen molar-refractivity contribution < 1.29 is 18.6 Å². The van der Waals surface area contributed by atoms with Gasteiger partial charge in [0.25, 0.3) is 0 Å². The van der Waals surface area contributed by atoms with Gasteiger partial charge in [-0.1, -0.05) is 6.07 Å². The monoisotopic (exact) mass is 247 g/mol. The van der Waals surface area contributed by atoms with Crippen LogP contribution in [-0.2, 0) is 6.61 Å². The molecule has 0 fully saturated rings. The molecule has 0 spiro atoms. The second-order valence-electron chi connectivity index (χ2n) is 3.79. The number of ether oxygens (including phenoxy) is 3. The Bertz CT molecular complexity index is 574. The summed E-state index contributed by atoms with van der Waals surface area (Å²) < 4.78 is 28.8. The summed E-state index contributed by atoms with van der Waals surface area (Å²) in [4.78, 5) is 3.46. The molecule has 2 aromatic rings. The number of fused-ring (bicyclic) bond motifs is 1. The van der Waals surface area contributed by atoms with Crippen molar-refractivity contribution in [1.29, 1.82) is 0 Å². The lowest BCUT2D eigenvalue weighted by Crippen LogP contribution is -1.96. The van der Waals surface area contributed by atoms with Gasteiger partial charge in [-0.05, 0) is 23.8 Å². The summed E-state index contributed by atoms with van der Waals surface area (Å²) in [6, 6.07) is 8.40. The molecule has 1 aromatic carbocycles. The van der Waals surface area contributed by atoms with E-state index in [4.69, 9.17) is 14.2 Å². The van der Waals surface area contributed by atoms with Crippen LogP contribution in [0.4, 0.5) is 4.39 Å². The minimum atomic E-state index is -0.557. The normalized spacial score (nSPS) is 12.5. The SMILES string of the molecule is Fc1cc(OCc2ccc3c(c2)OCO3)ccn1. The summed E-state index contributed by atoms with van der Waals surface area (Å²) in [5.74, 6) is 1.32. The Morgan fingerprint density at radius 3 is 2.94 bits per heavy atom. The Hall–Kier alpha value is -2.30. The predicted molar refractivity (Wildman–Crippen MR) is 61.1 cm³/mol. The van der Waals surface area contributed by atoms with Gasteiger partial charge < -0.3 is 14.2 Å². The molecule has 3 rings (SSSR count). The van der Waals surface area contributed by atoms with E-state index in [1.165, 1.54) is 12.3 Å². The van der Waals surface area contributed by atoms with Gasteiger partial charge >= 0.3 is 0 Å². The van der Waals surface area contributed by atoms with Crippen LogP contribution >= 0.6 is 0 Å². The number of aromatic nitrogens is 1. The average Bonchev–Trinajstić information content (AvgIpc) is 2.84. The second kappa shape index (κ2) is 4.52. The molecule has 0 aliphatic carbocycles. The molecule has 1 aromatic heterocycles. The summed E-state index contributed by atoms with van der Waals surface area (Å²) in [5, 5.41) is 0. The Labute approximate surface area is 103 Å². The molecule has 18 heavy (non-hydrogen) atoms. The molecular formula is C13H10FNO3. The van der Waals surface area contributed by atoms with Gasteiger partial charge in [0.15, 0.2) is 11.5 Å². The highest BCUT2D eigenvalue weighted by molar-refractivity contribution is 5.44. The van der Waals surface area contributed by atoms with Gasteiger partial charge in [0.05, 0.1) is 0 Å². The summed E-state index contributed by atoms with van der Waals surface area (Å²) in [5.41, 5.74) is 0.927. The molecule has 0 saturated carbocycles. The molecule has 0 N–H and O–H groups in total. The number of nitrogens with zero attached hydrogens (tertiary/aromatic N) is 1. The maximum Gasteiger partial charge on any atom is 0.231 e. The fraction of sp³-hybridized carbons (Fsp3) is 0.154. The summed E-state index contributed by atoms with van der Waals surface area (Å²) in [6.07, 6.45) is 1.37. The van der Waals surface area contributed by atoms with Crippen molar-refractivity contribution in [3.8, 4) is 17.2 Å². The zero-order valence-corrected chi connectivity index (χ0v) is 9.43. The van der Waals surface area contributed by atoms with Crippen LogP contribution in [0.15, 0.2) is 36.5 Å². The molecule has 1 aliphatic heterocycles. The quantitative estimate of drug-likeness (QED) is 0.781. The number of rotatable bonds is 3. The zero-order chi connectivity index (χ0) is 12.4. The van der Waals surface area contributed by atoms with Crippen LogP contribution < -0.4 is 14.2 Å². The Kier molecular flexibility index (Phi) is 2.72. The highest BCUT2D eigenvalue weighted by Gasteiger charge is 2.13. The van der Waals surface area contributed by atoms with Gasteiger partial charge in [0, 0.05) is 12.3 Å². The van der Waals surface area contributed by atoms with E-state index in [0.29, 0.717) is 18.1 Å². The van der Waals surface area contributed by atoms with Crippen LogP contribution in [0.2, 0.25) is 0 Å². The molecule has 4 nitrogen and oxygen atoms in total. The van der Waals surface area contributed by atoms with Crippen LogP contribution in [0.5, 0.6) is 17.2 Å². The van der Waals surface area contributed by atoms with Crippen molar-refractivity contribution in [3.63, 3.8) is 0 Å². The molecular weight excluding hydrogens is 237 g/mol. The van der Waals surface area contributed by atoms with Crippen molar-refractivity contribution in [3.05, 3.63) is 48.0 Å². The average molecular weight is 247 g/mol. The molecule has 1 aliphatic rings. The fourth-order valence-corrected chi connectivity index (χ4v) is 1.67. The number of benzene rings is 1. The van der Waals surface area contributed by atoms with E-state index in [1.54, 1.807) is 6.07 Å². The maximum atomic E-state index is 12.8. The van der Waals surface area contributed by atoms with E-state index in [9.17, 15) is 4.39 Å². The lowest BCUT2D eigenvalue weighted by Gasteiger charge is -2.06. The third-order valence-corrected chi connectivity index (χ3v) is 2.54. The fourth-order valence-electron chi connectivity index (χ4n) is 1.67. The summed E-state index contributed by atoms with van der Waals surface area (Å²) >= 11 is 0. The molecule has 0 unspecified atom stereocenters. The van der Waals surface area contributed by atoms with E-state index < -0.39 is 5.95 Å². The smallest absolute Gasteiger partial charge is 0.231 e. The molecule has 5 heteroatoms. The number of hydrogen-bond acceptors (Lipinski definition) is 4. The van der Waals surface area contributed by atoms with Crippen LogP contribution in [0.1, 0.15) is 5.56 Å². The molecule has 0 radical (unpaired) electrons. The van der Waals surface area contributed by atoms with Crippen molar-refractivity contribution in [2.45, 2.75) is 6.61 Å². The van der Waals surface area contributed by atoms with Gasteiger partial charge in [-0.3, -0.25) is 0 Å². The Morgan fingerprint density at radius 2 is 2.06 bits per heavy atom. The number of halogens is 1. The highest BCUT2D eigenvalue weighted by Crippen LogP contribution is 2.32. The lowest BCUT2D eigenvalue weighted by atomic mass is 10.2. The Balaban J connectivity index is 1.70. The number of hydrogen-bond donors (Lipinski definition) is 0. The third kappa shape index (κ3) is 2.20. The predicted octanol–water partition coefficient (Wildman–Crippen LogP) is 2.53. The standard InChI is InChI=1S/C13H10FNO3/c14-13-6-10(3-4-15-13)16-7-9-1-2-11-12(5-9)18-8-17-11/h1-6H,7-8H2. The van der Waals surface area contributed by atoms with Crippen LogP contribution in [0, 0.1) is 5.95 Å². The van der Waals surface area contributed by atoms with E-state index >= 15 is 0 Å². The molecule has 2 heterocycles. The first-order chi connectivity index (χ1) is 8.81. The largest absolute Gasteiger partial charge is 0.489 e. The number of pyridine rings is 1. The first kappa shape index (κ1) is 10.8. The Morgan fingerprint density at radius 1 is 1.17 bits per heavy atom. The van der Waals surface area contributed by atoms with Gasteiger partial charge in [-0.2, -0.15) is 4.39 Å². The highest BCUT2D eigenvalue weighted by atomic mass is 19.1. The first-order valence-electron chi connectivity index (χ1n) is 5.44. The minimum Gasteiger partial charge on any atom is -0.489 e. The molecule has 92 valence electrons. The molecule has 0 atom stereocenters. The zero-order valence-electron chi connectivity index (χ0n) is 9.43. The van der Waals surface area contributed by atoms with Gasteiger partial charge in [0.1, 0.15) is 12.4 Å².